The lowest BCUT2D eigenvalue weighted by Crippen LogP contribution is -2.33. The van der Waals surface area contributed by atoms with Crippen LogP contribution in [0.4, 0.5) is 11.4 Å². The van der Waals surface area contributed by atoms with Gasteiger partial charge in [-0.3, -0.25) is 9.59 Å². The van der Waals surface area contributed by atoms with E-state index in [-0.39, 0.29) is 12.3 Å². The number of Topliss-reactive ketones (excluding diaryl/α,β-unsaturated/α-hetero) is 1. The second-order valence-electron chi connectivity index (χ2n) is 5.81. The zero-order chi connectivity index (χ0) is 18.7. The van der Waals surface area contributed by atoms with Gasteiger partial charge in [0.1, 0.15) is 0 Å². The standard InChI is InChI=1S/C18H21ClN4O2/c1-4-23(9-16(20)24)15-6-5-12(8-13(15)19)22-14-7-10(2)18(25)11(3)17(14)21/h5-8H,4,9,21H2,1-3H3,(H2,20,24). The van der Waals surface area contributed by atoms with Gasteiger partial charge in [-0.2, -0.15) is 0 Å². The molecule has 4 N–H and O–H groups in total. The Morgan fingerprint density at radius 1 is 1.32 bits per heavy atom. The van der Waals surface area contributed by atoms with Gasteiger partial charge in [0.25, 0.3) is 0 Å². The molecule has 0 bridgehead atoms. The molecule has 0 spiro atoms. The molecule has 1 amide bonds. The molecule has 7 heteroatoms. The van der Waals surface area contributed by atoms with Gasteiger partial charge in [0.05, 0.1) is 34.4 Å². The van der Waals surface area contributed by atoms with Gasteiger partial charge in [0.15, 0.2) is 5.78 Å². The minimum atomic E-state index is -0.428. The number of hydrogen-bond acceptors (Lipinski definition) is 5. The van der Waals surface area contributed by atoms with Crippen molar-refractivity contribution in [3.63, 3.8) is 0 Å². The summed E-state index contributed by atoms with van der Waals surface area (Å²) in [6.45, 7) is 6.00. The molecule has 0 fully saturated rings. The Morgan fingerprint density at radius 3 is 2.56 bits per heavy atom. The quantitative estimate of drug-likeness (QED) is 0.787. The van der Waals surface area contributed by atoms with Gasteiger partial charge in [-0.05, 0) is 50.6 Å². The fourth-order valence-electron chi connectivity index (χ4n) is 2.57. The lowest BCUT2D eigenvalue weighted by atomic mass is 9.95. The van der Waals surface area contributed by atoms with Crippen molar-refractivity contribution in [1.82, 2.24) is 0 Å². The summed E-state index contributed by atoms with van der Waals surface area (Å²) in [5.41, 5.74) is 14.5. The van der Waals surface area contributed by atoms with Crippen LogP contribution in [0.25, 0.3) is 0 Å². The maximum Gasteiger partial charge on any atom is 0.236 e. The molecule has 0 aromatic heterocycles. The molecular formula is C18H21ClN4O2. The number of amides is 1. The van der Waals surface area contributed by atoms with Crippen LogP contribution in [0, 0.1) is 0 Å². The smallest absolute Gasteiger partial charge is 0.236 e. The van der Waals surface area contributed by atoms with Crippen LogP contribution in [-0.2, 0) is 9.59 Å². The fourth-order valence-corrected chi connectivity index (χ4v) is 2.86. The zero-order valence-corrected chi connectivity index (χ0v) is 15.2. The molecule has 25 heavy (non-hydrogen) atoms. The van der Waals surface area contributed by atoms with Gasteiger partial charge in [-0.15, -0.1) is 0 Å². The number of carbonyl (C=O) groups excluding carboxylic acids is 2. The van der Waals surface area contributed by atoms with Crippen molar-refractivity contribution in [2.24, 2.45) is 16.5 Å². The second kappa shape index (κ2) is 7.53. The predicted octanol–water partition coefficient (Wildman–Crippen LogP) is 2.49. The number of nitrogens with two attached hydrogens (primary N) is 2. The molecule has 1 aromatic rings. The highest BCUT2D eigenvalue weighted by Crippen LogP contribution is 2.31. The molecule has 1 aliphatic carbocycles. The summed E-state index contributed by atoms with van der Waals surface area (Å²) < 4.78 is 0. The molecule has 0 saturated carbocycles. The molecule has 1 aliphatic rings. The van der Waals surface area contributed by atoms with E-state index < -0.39 is 5.91 Å². The number of hydrogen-bond donors (Lipinski definition) is 2. The van der Waals surface area contributed by atoms with Gasteiger partial charge in [0.2, 0.25) is 5.91 Å². The van der Waals surface area contributed by atoms with Crippen molar-refractivity contribution in [2.75, 3.05) is 18.0 Å². The number of nitrogens with zero attached hydrogens (tertiary/aromatic N) is 2. The van der Waals surface area contributed by atoms with Crippen molar-refractivity contribution in [3.05, 3.63) is 46.1 Å². The molecule has 0 radical (unpaired) electrons. The minimum Gasteiger partial charge on any atom is -0.397 e. The first-order valence-corrected chi connectivity index (χ1v) is 8.23. The van der Waals surface area contributed by atoms with Crippen LogP contribution in [-0.4, -0.2) is 30.5 Å². The minimum absolute atomic E-state index is 0.0742. The zero-order valence-electron chi connectivity index (χ0n) is 14.5. The van der Waals surface area contributed by atoms with Gasteiger partial charge < -0.3 is 16.4 Å². The topological polar surface area (TPSA) is 102 Å². The van der Waals surface area contributed by atoms with Crippen molar-refractivity contribution in [2.45, 2.75) is 20.8 Å². The fraction of sp³-hybridized carbons (Fsp3) is 0.278. The van der Waals surface area contributed by atoms with Crippen LogP contribution < -0.4 is 16.4 Å². The number of primary amides is 1. The normalized spacial score (nSPS) is 16.2. The van der Waals surface area contributed by atoms with E-state index in [1.54, 1.807) is 43.0 Å². The van der Waals surface area contributed by atoms with E-state index in [9.17, 15) is 9.59 Å². The Hall–Kier alpha value is -2.60. The first kappa shape index (κ1) is 18.7. The Labute approximate surface area is 151 Å². The number of carbonyl (C=O) groups is 2. The van der Waals surface area contributed by atoms with E-state index in [1.165, 1.54) is 0 Å². The lowest BCUT2D eigenvalue weighted by Gasteiger charge is -2.22. The average molecular weight is 361 g/mol. The number of benzene rings is 1. The van der Waals surface area contributed by atoms with E-state index >= 15 is 0 Å². The maximum atomic E-state index is 11.9. The molecule has 0 heterocycles. The van der Waals surface area contributed by atoms with Crippen molar-refractivity contribution in [1.29, 1.82) is 0 Å². The van der Waals surface area contributed by atoms with Gasteiger partial charge in [0, 0.05) is 12.1 Å². The van der Waals surface area contributed by atoms with Gasteiger partial charge in [-0.25, -0.2) is 4.99 Å². The number of aliphatic imine (C=N–C) groups is 1. The third-order valence-corrected chi connectivity index (χ3v) is 4.28. The van der Waals surface area contributed by atoms with E-state index in [1.807, 2.05) is 6.92 Å². The molecule has 0 unspecified atom stereocenters. The van der Waals surface area contributed by atoms with Gasteiger partial charge >= 0.3 is 0 Å². The first-order chi connectivity index (χ1) is 11.7. The summed E-state index contributed by atoms with van der Waals surface area (Å²) in [5.74, 6) is -0.502. The predicted molar refractivity (Wildman–Crippen MR) is 101 cm³/mol. The van der Waals surface area contributed by atoms with Crippen LogP contribution in [0.15, 0.2) is 46.1 Å². The van der Waals surface area contributed by atoms with Crippen LogP contribution in [0.2, 0.25) is 5.02 Å². The second-order valence-corrected chi connectivity index (χ2v) is 6.22. The van der Waals surface area contributed by atoms with Crippen LogP contribution in [0.5, 0.6) is 0 Å². The van der Waals surface area contributed by atoms with E-state index in [0.29, 0.717) is 45.5 Å². The van der Waals surface area contributed by atoms with E-state index in [0.717, 1.165) is 0 Å². The number of rotatable bonds is 5. The number of anilines is 1. The highest BCUT2D eigenvalue weighted by Gasteiger charge is 2.20. The summed E-state index contributed by atoms with van der Waals surface area (Å²) in [6.07, 6.45) is 1.66. The highest BCUT2D eigenvalue weighted by atomic mass is 35.5. The molecule has 0 aliphatic heterocycles. The Bertz CT molecular complexity index is 824. The number of allylic oxidation sites excluding steroid dienone is 3. The summed E-state index contributed by atoms with van der Waals surface area (Å²) >= 11 is 6.35. The summed E-state index contributed by atoms with van der Waals surface area (Å²) in [4.78, 5) is 29.3. The summed E-state index contributed by atoms with van der Waals surface area (Å²) in [6, 6.07) is 5.25. The monoisotopic (exact) mass is 360 g/mol. The Balaban J connectivity index is 2.38. The molecule has 132 valence electrons. The molecule has 2 rings (SSSR count). The van der Waals surface area contributed by atoms with Crippen LogP contribution >= 0.6 is 11.6 Å². The van der Waals surface area contributed by atoms with E-state index in [4.69, 9.17) is 23.1 Å². The number of ketones is 1. The Morgan fingerprint density at radius 2 is 2.00 bits per heavy atom. The SMILES string of the molecule is CCN(CC(N)=O)c1ccc(N=C2C=C(C)C(=O)C(C)=C2N)cc1Cl. The Kier molecular flexibility index (Phi) is 5.64. The van der Waals surface area contributed by atoms with Crippen molar-refractivity contribution in [3.8, 4) is 0 Å². The first-order valence-electron chi connectivity index (χ1n) is 7.85. The van der Waals surface area contributed by atoms with E-state index in [2.05, 4.69) is 4.99 Å². The summed E-state index contributed by atoms with van der Waals surface area (Å²) in [7, 11) is 0. The van der Waals surface area contributed by atoms with Crippen molar-refractivity contribution < 1.29 is 9.59 Å². The summed E-state index contributed by atoms with van der Waals surface area (Å²) in [5, 5.41) is 0.455. The molecule has 0 saturated heterocycles. The molecule has 6 nitrogen and oxygen atoms in total. The lowest BCUT2D eigenvalue weighted by molar-refractivity contribution is -0.116. The number of likely N-dealkylation sites (N-methyl/N-ethyl adjacent to an activating group) is 1. The molecule has 0 atom stereocenters. The highest BCUT2D eigenvalue weighted by molar-refractivity contribution is 6.33. The average Bonchev–Trinajstić information content (AvgIpc) is 2.56. The van der Waals surface area contributed by atoms with Crippen molar-refractivity contribution >= 4 is 40.4 Å². The number of halogens is 1. The van der Waals surface area contributed by atoms with Gasteiger partial charge in [-0.1, -0.05) is 11.6 Å². The third-order valence-electron chi connectivity index (χ3n) is 3.98. The molecule has 1 aromatic carbocycles. The van der Waals surface area contributed by atoms with Crippen LogP contribution in [0.1, 0.15) is 20.8 Å². The molecular weight excluding hydrogens is 340 g/mol. The van der Waals surface area contributed by atoms with Crippen LogP contribution in [0.3, 0.4) is 0 Å². The third kappa shape index (κ3) is 4.09. The largest absolute Gasteiger partial charge is 0.397 e. The maximum absolute atomic E-state index is 11.9.